The summed E-state index contributed by atoms with van der Waals surface area (Å²) in [6.07, 6.45) is 9.48. The molecular weight excluding hydrogens is 338 g/mol. The second-order valence-electron chi connectivity index (χ2n) is 7.37. The van der Waals surface area contributed by atoms with Crippen molar-refractivity contribution >= 4 is 11.8 Å². The van der Waals surface area contributed by atoms with Gasteiger partial charge in [0.25, 0.3) is 0 Å². The van der Waals surface area contributed by atoms with E-state index in [0.29, 0.717) is 19.1 Å². The summed E-state index contributed by atoms with van der Waals surface area (Å²) in [6, 6.07) is 10.2. The molecule has 2 aliphatic rings. The Kier molecular flexibility index (Phi) is 5.51. The number of urea groups is 1. The van der Waals surface area contributed by atoms with Gasteiger partial charge < -0.3 is 15.1 Å². The number of amides is 2. The topological polar surface area (TPSA) is 61.4 Å². The van der Waals surface area contributed by atoms with Gasteiger partial charge in [-0.3, -0.25) is 4.98 Å². The average Bonchev–Trinajstić information content (AvgIpc) is 3.57. The van der Waals surface area contributed by atoms with E-state index in [1.54, 1.807) is 6.20 Å². The second-order valence-corrected chi connectivity index (χ2v) is 7.37. The Morgan fingerprint density at radius 3 is 2.63 bits per heavy atom. The Labute approximate surface area is 160 Å². The number of carbonyl (C=O) groups is 1. The lowest BCUT2D eigenvalue weighted by Crippen LogP contribution is -2.41. The number of hydrogen-bond acceptors (Lipinski definition) is 4. The lowest BCUT2D eigenvalue weighted by atomic mass is 10.1. The van der Waals surface area contributed by atoms with E-state index in [9.17, 15) is 4.79 Å². The van der Waals surface area contributed by atoms with Crippen LogP contribution in [0.5, 0.6) is 0 Å². The van der Waals surface area contributed by atoms with Crippen molar-refractivity contribution < 1.29 is 4.79 Å². The molecule has 1 aliphatic heterocycles. The molecule has 1 saturated heterocycles. The third-order valence-electron chi connectivity index (χ3n) is 5.26. The number of rotatable bonds is 6. The van der Waals surface area contributed by atoms with Gasteiger partial charge in [-0.05, 0) is 50.3 Å². The van der Waals surface area contributed by atoms with Crippen molar-refractivity contribution in [2.24, 2.45) is 0 Å². The predicted octanol–water partition coefficient (Wildman–Crippen LogP) is 3.34. The predicted molar refractivity (Wildman–Crippen MR) is 105 cm³/mol. The maximum Gasteiger partial charge on any atom is 0.318 e. The van der Waals surface area contributed by atoms with Crippen molar-refractivity contribution in [1.82, 2.24) is 20.2 Å². The van der Waals surface area contributed by atoms with Crippen LogP contribution in [0.1, 0.15) is 43.4 Å². The summed E-state index contributed by atoms with van der Waals surface area (Å²) in [5.41, 5.74) is 2.01. The van der Waals surface area contributed by atoms with Crippen molar-refractivity contribution in [3.63, 3.8) is 0 Å². The number of piperidine rings is 1. The highest BCUT2D eigenvalue weighted by molar-refractivity contribution is 5.75. The fourth-order valence-corrected chi connectivity index (χ4v) is 3.65. The van der Waals surface area contributed by atoms with Gasteiger partial charge in [0.05, 0.1) is 12.2 Å². The average molecular weight is 365 g/mol. The van der Waals surface area contributed by atoms with Crippen LogP contribution in [0.15, 0.2) is 42.7 Å². The van der Waals surface area contributed by atoms with Crippen LogP contribution in [0.4, 0.5) is 10.6 Å². The first-order valence-electron chi connectivity index (χ1n) is 9.94. The summed E-state index contributed by atoms with van der Waals surface area (Å²) < 4.78 is 0. The van der Waals surface area contributed by atoms with E-state index in [4.69, 9.17) is 0 Å². The minimum atomic E-state index is -0.0170. The van der Waals surface area contributed by atoms with Crippen molar-refractivity contribution in [1.29, 1.82) is 0 Å². The number of aromatic nitrogens is 2. The van der Waals surface area contributed by atoms with E-state index in [2.05, 4.69) is 26.3 Å². The maximum absolute atomic E-state index is 12.8. The van der Waals surface area contributed by atoms with E-state index >= 15 is 0 Å². The lowest BCUT2D eigenvalue weighted by Gasteiger charge is -2.29. The molecule has 0 radical (unpaired) electrons. The van der Waals surface area contributed by atoms with Crippen molar-refractivity contribution in [2.75, 3.05) is 18.0 Å². The molecule has 0 spiro atoms. The summed E-state index contributed by atoms with van der Waals surface area (Å²) in [7, 11) is 0. The van der Waals surface area contributed by atoms with Gasteiger partial charge in [0.2, 0.25) is 0 Å². The molecule has 0 aromatic carbocycles. The van der Waals surface area contributed by atoms with Gasteiger partial charge >= 0.3 is 6.03 Å². The van der Waals surface area contributed by atoms with Gasteiger partial charge in [0.1, 0.15) is 5.82 Å². The third-order valence-corrected chi connectivity index (χ3v) is 5.26. The molecule has 142 valence electrons. The largest absolute Gasteiger partial charge is 0.356 e. The van der Waals surface area contributed by atoms with Crippen LogP contribution in [0.25, 0.3) is 0 Å². The molecule has 6 heteroatoms. The molecule has 2 fully saturated rings. The van der Waals surface area contributed by atoms with E-state index in [1.807, 2.05) is 35.4 Å². The molecule has 6 nitrogen and oxygen atoms in total. The van der Waals surface area contributed by atoms with Gasteiger partial charge in [-0.15, -0.1) is 0 Å². The zero-order chi connectivity index (χ0) is 18.5. The molecule has 2 aromatic rings. The summed E-state index contributed by atoms with van der Waals surface area (Å²) in [6.45, 7) is 3.16. The Hall–Kier alpha value is -2.63. The van der Waals surface area contributed by atoms with E-state index in [1.165, 1.54) is 19.3 Å². The van der Waals surface area contributed by atoms with E-state index < -0.39 is 0 Å². The first-order chi connectivity index (χ1) is 13.3. The van der Waals surface area contributed by atoms with E-state index in [-0.39, 0.29) is 6.03 Å². The maximum atomic E-state index is 12.8. The molecule has 2 amide bonds. The van der Waals surface area contributed by atoms with Crippen molar-refractivity contribution in [3.05, 3.63) is 54.0 Å². The first-order valence-corrected chi connectivity index (χ1v) is 9.94. The summed E-state index contributed by atoms with van der Waals surface area (Å²) in [5, 5.41) is 3.11. The van der Waals surface area contributed by atoms with Gasteiger partial charge in [0, 0.05) is 43.6 Å². The first kappa shape index (κ1) is 17.8. The van der Waals surface area contributed by atoms with Gasteiger partial charge in [-0.1, -0.05) is 12.1 Å². The summed E-state index contributed by atoms with van der Waals surface area (Å²) >= 11 is 0. The van der Waals surface area contributed by atoms with Crippen molar-refractivity contribution in [3.8, 4) is 0 Å². The minimum Gasteiger partial charge on any atom is -0.356 e. The van der Waals surface area contributed by atoms with Gasteiger partial charge in [-0.2, -0.15) is 0 Å². The molecule has 27 heavy (non-hydrogen) atoms. The van der Waals surface area contributed by atoms with Crippen LogP contribution >= 0.6 is 0 Å². The normalized spacial score (nSPS) is 16.8. The molecule has 0 unspecified atom stereocenters. The number of carbonyl (C=O) groups excluding carboxylic acids is 1. The standard InChI is InChI=1S/C21H27N5O/c27-21(26(19-9-10-19)16-18-8-2-3-11-22-18)24-15-17-7-6-12-23-20(17)25-13-4-1-5-14-25/h2-3,6-8,11-12,19H,1,4-5,9-10,13-16H2,(H,24,27). The molecule has 1 aliphatic carbocycles. The van der Waals surface area contributed by atoms with Crippen molar-refractivity contribution in [2.45, 2.75) is 51.2 Å². The smallest absolute Gasteiger partial charge is 0.318 e. The fourth-order valence-electron chi connectivity index (χ4n) is 3.65. The van der Waals surface area contributed by atoms with Crippen LogP contribution in [0.2, 0.25) is 0 Å². The van der Waals surface area contributed by atoms with Gasteiger partial charge in [0.15, 0.2) is 0 Å². The highest BCUT2D eigenvalue weighted by Crippen LogP contribution is 2.28. The molecule has 1 N–H and O–H groups in total. The van der Waals surface area contributed by atoms with E-state index in [0.717, 1.165) is 43.0 Å². The number of hydrogen-bond donors (Lipinski definition) is 1. The molecule has 2 aromatic heterocycles. The monoisotopic (exact) mass is 365 g/mol. The summed E-state index contributed by atoms with van der Waals surface area (Å²) in [5.74, 6) is 1.01. The van der Waals surface area contributed by atoms with Crippen LogP contribution < -0.4 is 10.2 Å². The molecule has 4 rings (SSSR count). The summed E-state index contributed by atoms with van der Waals surface area (Å²) in [4.78, 5) is 26.1. The minimum absolute atomic E-state index is 0.0170. The molecule has 0 atom stereocenters. The molecule has 1 saturated carbocycles. The molecular formula is C21H27N5O. The molecule has 3 heterocycles. The Morgan fingerprint density at radius 1 is 1.07 bits per heavy atom. The van der Waals surface area contributed by atoms with Gasteiger partial charge in [-0.25, -0.2) is 9.78 Å². The lowest BCUT2D eigenvalue weighted by molar-refractivity contribution is 0.191. The number of nitrogens with one attached hydrogen (secondary N) is 1. The fraction of sp³-hybridized carbons (Fsp3) is 0.476. The van der Waals surface area contributed by atoms with Crippen LogP contribution in [-0.2, 0) is 13.1 Å². The molecule has 0 bridgehead atoms. The number of nitrogens with zero attached hydrogens (tertiary/aromatic N) is 4. The SMILES string of the molecule is O=C(NCc1cccnc1N1CCCCC1)N(Cc1ccccn1)C1CC1. The number of anilines is 1. The highest BCUT2D eigenvalue weighted by Gasteiger charge is 2.32. The highest BCUT2D eigenvalue weighted by atomic mass is 16.2. The Balaban J connectivity index is 1.41. The number of pyridine rings is 2. The third kappa shape index (κ3) is 4.56. The van der Waals surface area contributed by atoms with Crippen LogP contribution in [0.3, 0.4) is 0 Å². The zero-order valence-electron chi connectivity index (χ0n) is 15.7. The van der Waals surface area contributed by atoms with Crippen LogP contribution in [-0.4, -0.2) is 40.0 Å². The Morgan fingerprint density at radius 2 is 1.89 bits per heavy atom. The quantitative estimate of drug-likeness (QED) is 0.853. The second kappa shape index (κ2) is 8.37. The zero-order valence-corrected chi connectivity index (χ0v) is 15.7. The Bertz CT molecular complexity index is 756. The van der Waals surface area contributed by atoms with Crippen LogP contribution in [0, 0.1) is 0 Å².